The van der Waals surface area contributed by atoms with E-state index in [2.05, 4.69) is 24.1 Å². The third kappa shape index (κ3) is 5.33. The molecule has 0 saturated carbocycles. The summed E-state index contributed by atoms with van der Waals surface area (Å²) in [5.74, 6) is 8.19. The molecule has 0 bridgehead atoms. The van der Waals surface area contributed by atoms with Crippen molar-refractivity contribution in [2.45, 2.75) is 20.8 Å². The average molecular weight is 243 g/mol. The number of hydrogen-bond acceptors (Lipinski definition) is 3. The molecule has 0 radical (unpaired) electrons. The number of aliphatic imine (C=N–C) groups is 1. The second-order valence-corrected chi connectivity index (χ2v) is 4.15. The van der Waals surface area contributed by atoms with Crippen LogP contribution in [0.3, 0.4) is 0 Å². The molecule has 0 spiro atoms. The summed E-state index contributed by atoms with van der Waals surface area (Å²) in [5.41, 5.74) is 3.96. The second kappa shape index (κ2) is 7.31. The summed E-state index contributed by atoms with van der Waals surface area (Å²) in [5, 5.41) is 1.50. The molecule has 2 N–H and O–H groups in total. The Bertz CT molecular complexity index is 468. The fraction of sp³-hybridized carbons (Fsp3) is 0.267. The van der Waals surface area contributed by atoms with E-state index in [-0.39, 0.29) is 0 Å². The topological polar surface area (TPSA) is 41.6 Å². The third-order valence-corrected chi connectivity index (χ3v) is 2.12. The number of hydrazine groups is 1. The van der Waals surface area contributed by atoms with Crippen molar-refractivity contribution >= 4 is 5.71 Å². The van der Waals surface area contributed by atoms with Gasteiger partial charge < -0.3 is 5.01 Å². The van der Waals surface area contributed by atoms with Gasteiger partial charge in [0, 0.05) is 18.8 Å². The molecule has 0 aromatic rings. The van der Waals surface area contributed by atoms with Crippen LogP contribution in [0.15, 0.2) is 52.8 Å². The zero-order chi connectivity index (χ0) is 14.3. The van der Waals surface area contributed by atoms with Crippen molar-refractivity contribution in [3.8, 4) is 12.3 Å². The van der Waals surface area contributed by atoms with Crippen molar-refractivity contribution in [1.82, 2.24) is 5.01 Å². The first-order chi connectivity index (χ1) is 8.29. The third-order valence-electron chi connectivity index (χ3n) is 2.12. The minimum atomic E-state index is 0.731. The fourth-order valence-electron chi connectivity index (χ4n) is 1.25. The van der Waals surface area contributed by atoms with Gasteiger partial charge in [-0.25, -0.2) is 5.84 Å². The van der Waals surface area contributed by atoms with E-state index in [9.17, 15) is 0 Å². The Morgan fingerprint density at radius 1 is 1.28 bits per heavy atom. The Kier molecular flexibility index (Phi) is 6.48. The van der Waals surface area contributed by atoms with E-state index in [1.807, 2.05) is 26.8 Å². The highest BCUT2D eigenvalue weighted by molar-refractivity contribution is 6.08. The van der Waals surface area contributed by atoms with E-state index in [0.29, 0.717) is 0 Å². The van der Waals surface area contributed by atoms with Crippen LogP contribution < -0.4 is 5.84 Å². The molecule has 0 amide bonds. The van der Waals surface area contributed by atoms with Crippen LogP contribution in [0.5, 0.6) is 0 Å². The molecular weight excluding hydrogens is 222 g/mol. The summed E-state index contributed by atoms with van der Waals surface area (Å²) in [4.78, 5) is 4.41. The largest absolute Gasteiger partial charge is 0.314 e. The Balaban J connectivity index is 5.60. The number of hydrogen-bond donors (Lipinski definition) is 1. The maximum absolute atomic E-state index is 5.75. The minimum Gasteiger partial charge on any atom is -0.314 e. The molecule has 0 heterocycles. The monoisotopic (exact) mass is 243 g/mol. The molecule has 0 aliphatic carbocycles. The fourth-order valence-corrected chi connectivity index (χ4v) is 1.25. The van der Waals surface area contributed by atoms with Gasteiger partial charge in [0.15, 0.2) is 0 Å². The van der Waals surface area contributed by atoms with Gasteiger partial charge in [0.05, 0.1) is 11.4 Å². The highest BCUT2D eigenvalue weighted by Crippen LogP contribution is 2.11. The Morgan fingerprint density at radius 3 is 2.17 bits per heavy atom. The van der Waals surface area contributed by atoms with Crippen LogP contribution in [-0.4, -0.2) is 17.8 Å². The van der Waals surface area contributed by atoms with Gasteiger partial charge in [-0.15, -0.1) is 6.42 Å². The number of allylic oxidation sites excluding steroid dienone is 5. The highest BCUT2D eigenvalue weighted by Gasteiger charge is 2.05. The zero-order valence-corrected chi connectivity index (χ0v) is 11.6. The molecule has 0 rings (SSSR count). The molecule has 0 aromatic carbocycles. The van der Waals surface area contributed by atoms with Crippen LogP contribution in [0, 0.1) is 12.3 Å². The van der Waals surface area contributed by atoms with Gasteiger partial charge in [0.1, 0.15) is 0 Å². The van der Waals surface area contributed by atoms with E-state index >= 15 is 0 Å². The minimum absolute atomic E-state index is 0.731. The molecular formula is C15H21N3. The van der Waals surface area contributed by atoms with Gasteiger partial charge in [-0.2, -0.15) is 0 Å². The molecule has 0 unspecified atom stereocenters. The van der Waals surface area contributed by atoms with E-state index < -0.39 is 0 Å². The van der Waals surface area contributed by atoms with Crippen molar-refractivity contribution in [2.24, 2.45) is 10.8 Å². The van der Waals surface area contributed by atoms with E-state index in [0.717, 1.165) is 28.3 Å². The van der Waals surface area contributed by atoms with Crippen molar-refractivity contribution in [1.29, 1.82) is 0 Å². The average Bonchev–Trinajstić information content (AvgIpc) is 2.22. The van der Waals surface area contributed by atoms with Gasteiger partial charge in [-0.1, -0.05) is 19.1 Å². The maximum atomic E-state index is 5.75. The van der Waals surface area contributed by atoms with Gasteiger partial charge in [0.25, 0.3) is 0 Å². The highest BCUT2D eigenvalue weighted by atomic mass is 15.4. The summed E-state index contributed by atoms with van der Waals surface area (Å²) in [6.45, 7) is 13.4. The maximum Gasteiger partial charge on any atom is 0.0677 e. The lowest BCUT2D eigenvalue weighted by molar-refractivity contribution is 0.450. The van der Waals surface area contributed by atoms with Crippen LogP contribution in [0.25, 0.3) is 0 Å². The number of likely N-dealkylation sites (N-methyl/N-ethyl adjacent to an activating group) is 1. The van der Waals surface area contributed by atoms with E-state index in [1.54, 1.807) is 13.1 Å². The number of rotatable bonds is 5. The summed E-state index contributed by atoms with van der Waals surface area (Å²) in [6.07, 6.45) is 8.65. The molecule has 0 aliphatic heterocycles. The molecule has 0 aliphatic rings. The Hall–Kier alpha value is -2.05. The van der Waals surface area contributed by atoms with Gasteiger partial charge in [-0.3, -0.25) is 4.99 Å². The standard InChI is InChI=1S/C15H21N3/c1-8-9-13(6)17-14(11(2)3)10-15(12(4)5)18(7)16/h1,9-10H,2,4,16H2,3,5-7H3/b13-9+,15-10-,17-14-. The molecule has 96 valence electrons. The summed E-state index contributed by atoms with van der Waals surface area (Å²) in [6, 6.07) is 0. The molecule has 3 nitrogen and oxygen atoms in total. The van der Waals surface area contributed by atoms with E-state index in [1.165, 1.54) is 5.01 Å². The molecule has 0 fully saturated rings. The van der Waals surface area contributed by atoms with Crippen LogP contribution in [0.2, 0.25) is 0 Å². The lowest BCUT2D eigenvalue weighted by Crippen LogP contribution is -2.26. The second-order valence-electron chi connectivity index (χ2n) is 4.15. The summed E-state index contributed by atoms with van der Waals surface area (Å²) < 4.78 is 0. The van der Waals surface area contributed by atoms with Crippen LogP contribution in [0.1, 0.15) is 20.8 Å². The van der Waals surface area contributed by atoms with Crippen molar-refractivity contribution in [2.75, 3.05) is 7.05 Å². The molecule has 18 heavy (non-hydrogen) atoms. The van der Waals surface area contributed by atoms with Crippen molar-refractivity contribution < 1.29 is 0 Å². The van der Waals surface area contributed by atoms with Gasteiger partial charge in [-0.05, 0) is 38.0 Å². The van der Waals surface area contributed by atoms with Gasteiger partial charge in [0.2, 0.25) is 0 Å². The number of nitrogens with zero attached hydrogens (tertiary/aromatic N) is 2. The first-order valence-corrected chi connectivity index (χ1v) is 5.53. The van der Waals surface area contributed by atoms with Crippen LogP contribution >= 0.6 is 0 Å². The number of nitrogens with two attached hydrogens (primary N) is 1. The number of terminal acetylenes is 1. The summed E-state index contributed by atoms with van der Waals surface area (Å²) >= 11 is 0. The molecule has 0 saturated heterocycles. The summed E-state index contributed by atoms with van der Waals surface area (Å²) in [7, 11) is 1.75. The van der Waals surface area contributed by atoms with Crippen molar-refractivity contribution in [3.63, 3.8) is 0 Å². The first kappa shape index (κ1) is 16.0. The smallest absolute Gasteiger partial charge is 0.0677 e. The van der Waals surface area contributed by atoms with Crippen LogP contribution in [-0.2, 0) is 0 Å². The van der Waals surface area contributed by atoms with Crippen LogP contribution in [0.4, 0.5) is 0 Å². The van der Waals surface area contributed by atoms with E-state index in [4.69, 9.17) is 12.3 Å². The lowest BCUT2D eigenvalue weighted by atomic mass is 10.1. The normalized spacial score (nSPS) is 13.0. The van der Waals surface area contributed by atoms with Gasteiger partial charge >= 0.3 is 0 Å². The van der Waals surface area contributed by atoms with Crippen molar-refractivity contribution in [3.05, 3.63) is 47.9 Å². The predicted molar refractivity (Wildman–Crippen MR) is 79.7 cm³/mol. The molecule has 0 aromatic heterocycles. The first-order valence-electron chi connectivity index (χ1n) is 5.53. The Morgan fingerprint density at radius 2 is 1.83 bits per heavy atom. The lowest BCUT2D eigenvalue weighted by Gasteiger charge is -2.17. The Labute approximate surface area is 110 Å². The zero-order valence-electron chi connectivity index (χ0n) is 11.6. The SMILES string of the molecule is C#C/C=C(C)/N=C(/C=C(/C(=C)C)N(C)N)C(=C)C. The predicted octanol–water partition coefficient (Wildman–Crippen LogP) is 2.81. The quantitative estimate of drug-likeness (QED) is 0.265. The molecule has 3 heteroatoms. The molecule has 0 atom stereocenters.